The van der Waals surface area contributed by atoms with Gasteiger partial charge in [0.15, 0.2) is 0 Å². The van der Waals surface area contributed by atoms with E-state index in [1.165, 1.54) is 11.1 Å². The van der Waals surface area contributed by atoms with Crippen molar-refractivity contribution in [1.29, 1.82) is 0 Å². The van der Waals surface area contributed by atoms with Gasteiger partial charge >= 0.3 is 0 Å². The summed E-state index contributed by atoms with van der Waals surface area (Å²) in [5, 5.41) is 0. The highest BCUT2D eigenvalue weighted by atomic mass is 28.3. The number of rotatable bonds is 6. The van der Waals surface area contributed by atoms with Crippen LogP contribution in [-0.4, -0.2) is 18.0 Å². The molecule has 1 aromatic heterocycles. The Morgan fingerprint density at radius 3 is 2.04 bits per heavy atom. The van der Waals surface area contributed by atoms with Crippen LogP contribution in [0.3, 0.4) is 0 Å². The van der Waals surface area contributed by atoms with Crippen LogP contribution in [-0.2, 0) is 0 Å². The van der Waals surface area contributed by atoms with Gasteiger partial charge in [0, 0.05) is 5.56 Å². The van der Waals surface area contributed by atoms with Crippen molar-refractivity contribution in [2.45, 2.75) is 58.2 Å². The van der Waals surface area contributed by atoms with Crippen molar-refractivity contribution in [3.8, 4) is 11.4 Å². The maximum atomic E-state index is 4.82. The molecule has 0 saturated carbocycles. The molecule has 3 rings (SSSR count). The van der Waals surface area contributed by atoms with E-state index in [0.717, 1.165) is 16.9 Å². The minimum atomic E-state index is -1.58. The fourth-order valence-corrected chi connectivity index (χ4v) is 10.4. The number of para-hydroxylation sites is 2. The Labute approximate surface area is 164 Å². The number of H-pyrrole nitrogens is 1. The molecule has 0 aliphatic carbocycles. The predicted molar refractivity (Wildman–Crippen MR) is 122 cm³/mol. The van der Waals surface area contributed by atoms with Crippen LogP contribution in [0.2, 0.25) is 16.6 Å². The molecule has 0 unspecified atom stereocenters. The van der Waals surface area contributed by atoms with E-state index in [1.54, 1.807) is 0 Å². The lowest BCUT2D eigenvalue weighted by Crippen LogP contribution is -2.42. The molecular weight excluding hydrogens is 344 g/mol. The Balaban J connectivity index is 2.07. The summed E-state index contributed by atoms with van der Waals surface area (Å²) in [6, 6.07) is 16.8. The van der Waals surface area contributed by atoms with Gasteiger partial charge in [-0.25, -0.2) is 4.98 Å². The summed E-state index contributed by atoms with van der Waals surface area (Å²) in [5.41, 5.74) is 9.25. The van der Waals surface area contributed by atoms with Gasteiger partial charge in [-0.3, -0.25) is 0 Å². The second kappa shape index (κ2) is 7.85. The van der Waals surface area contributed by atoms with E-state index in [4.69, 9.17) is 4.98 Å². The fourth-order valence-electron chi connectivity index (χ4n) is 4.75. The molecule has 0 amide bonds. The summed E-state index contributed by atoms with van der Waals surface area (Å²) in [6.45, 7) is 14.4. The smallest absolute Gasteiger partial charge is 0.139 e. The normalized spacial score (nSPS) is 12.9. The van der Waals surface area contributed by atoms with Gasteiger partial charge in [-0.2, -0.15) is 0 Å². The zero-order valence-electron chi connectivity index (χ0n) is 17.5. The maximum Gasteiger partial charge on any atom is 0.139 e. The molecule has 0 aliphatic heterocycles. The summed E-state index contributed by atoms with van der Waals surface area (Å²) in [4.78, 5) is 8.30. The maximum absolute atomic E-state index is 4.82. The van der Waals surface area contributed by atoms with Crippen molar-refractivity contribution in [2.75, 3.05) is 0 Å². The van der Waals surface area contributed by atoms with Crippen LogP contribution in [0.1, 0.15) is 47.1 Å². The topological polar surface area (TPSA) is 28.7 Å². The molecule has 3 aromatic rings. The number of aromatic nitrogens is 2. The van der Waals surface area contributed by atoms with Gasteiger partial charge in [-0.15, -0.1) is 0 Å². The highest BCUT2D eigenvalue weighted by Gasteiger charge is 2.40. The van der Waals surface area contributed by atoms with Crippen LogP contribution in [0.25, 0.3) is 28.5 Å². The van der Waals surface area contributed by atoms with E-state index in [1.807, 2.05) is 12.1 Å². The molecule has 0 atom stereocenters. The number of nitrogens with one attached hydrogen (secondary N) is 1. The monoisotopic (exact) mass is 376 g/mol. The molecule has 1 N–H and O–H groups in total. The van der Waals surface area contributed by atoms with E-state index >= 15 is 0 Å². The van der Waals surface area contributed by atoms with Crippen molar-refractivity contribution in [1.82, 2.24) is 9.97 Å². The number of aromatic amines is 1. The largest absolute Gasteiger partial charge is 0.338 e. The standard InChI is InChI=1S/C24H32N2Si/c1-17(2)27(18(3)4,19(5)6)16-15-20-11-7-8-12-21(20)24-25-22-13-9-10-14-23(22)26-24/h7-19H,1-6H3,(H,25,26)/b16-15+. The quantitative estimate of drug-likeness (QED) is 0.444. The average Bonchev–Trinajstić information content (AvgIpc) is 3.05. The van der Waals surface area contributed by atoms with Gasteiger partial charge in [0.1, 0.15) is 5.82 Å². The molecule has 2 aromatic carbocycles. The summed E-state index contributed by atoms with van der Waals surface area (Å²) < 4.78 is 0. The van der Waals surface area contributed by atoms with Crippen molar-refractivity contribution < 1.29 is 0 Å². The van der Waals surface area contributed by atoms with Crippen molar-refractivity contribution in [2.24, 2.45) is 0 Å². The highest BCUT2D eigenvalue weighted by molar-refractivity contribution is 6.88. The number of imidazole rings is 1. The zero-order valence-corrected chi connectivity index (χ0v) is 18.5. The van der Waals surface area contributed by atoms with E-state index in [9.17, 15) is 0 Å². The molecule has 2 nitrogen and oxygen atoms in total. The number of hydrogen-bond acceptors (Lipinski definition) is 1. The van der Waals surface area contributed by atoms with Gasteiger partial charge in [0.25, 0.3) is 0 Å². The number of nitrogens with zero attached hydrogens (tertiary/aromatic N) is 1. The first-order chi connectivity index (χ1) is 12.9. The van der Waals surface area contributed by atoms with Gasteiger partial charge in [-0.05, 0) is 34.3 Å². The van der Waals surface area contributed by atoms with Gasteiger partial charge in [-0.1, -0.05) is 89.7 Å². The first kappa shape index (κ1) is 19.6. The van der Waals surface area contributed by atoms with Gasteiger partial charge in [0.05, 0.1) is 19.1 Å². The third-order valence-electron chi connectivity index (χ3n) is 6.16. The lowest BCUT2D eigenvalue weighted by molar-refractivity contribution is 0.834. The predicted octanol–water partition coefficient (Wildman–Crippen LogP) is 7.46. The summed E-state index contributed by atoms with van der Waals surface area (Å²) >= 11 is 0. The second-order valence-corrected chi connectivity index (χ2v) is 14.3. The summed E-state index contributed by atoms with van der Waals surface area (Å²) in [6.07, 6.45) is 2.37. The molecule has 142 valence electrons. The molecule has 0 fully saturated rings. The highest BCUT2D eigenvalue weighted by Crippen LogP contribution is 2.43. The molecule has 0 spiro atoms. The number of benzene rings is 2. The summed E-state index contributed by atoms with van der Waals surface area (Å²) in [5.74, 6) is 0.947. The summed E-state index contributed by atoms with van der Waals surface area (Å²) in [7, 11) is -1.58. The molecule has 3 heteroatoms. The Morgan fingerprint density at radius 1 is 0.815 bits per heavy atom. The van der Waals surface area contributed by atoms with Crippen LogP contribution in [0.5, 0.6) is 0 Å². The van der Waals surface area contributed by atoms with Crippen LogP contribution >= 0.6 is 0 Å². The van der Waals surface area contributed by atoms with E-state index in [2.05, 4.69) is 94.7 Å². The Morgan fingerprint density at radius 2 is 1.41 bits per heavy atom. The molecule has 0 bridgehead atoms. The van der Waals surface area contributed by atoms with Crippen LogP contribution in [0.15, 0.2) is 54.2 Å². The average molecular weight is 377 g/mol. The van der Waals surface area contributed by atoms with Crippen LogP contribution in [0.4, 0.5) is 0 Å². The van der Waals surface area contributed by atoms with E-state index in [0.29, 0.717) is 16.6 Å². The van der Waals surface area contributed by atoms with E-state index < -0.39 is 8.07 Å². The Kier molecular flexibility index (Phi) is 5.71. The second-order valence-electron chi connectivity index (χ2n) is 8.49. The number of fused-ring (bicyclic) bond motifs is 1. The fraction of sp³-hybridized carbons (Fsp3) is 0.375. The minimum Gasteiger partial charge on any atom is -0.338 e. The number of hydrogen-bond donors (Lipinski definition) is 1. The lowest BCUT2D eigenvalue weighted by Gasteiger charge is -2.40. The van der Waals surface area contributed by atoms with Crippen molar-refractivity contribution in [3.63, 3.8) is 0 Å². The van der Waals surface area contributed by atoms with Crippen molar-refractivity contribution in [3.05, 3.63) is 59.8 Å². The SMILES string of the molecule is CC(C)[Si](/C=C/c1ccccc1-c1nc2ccccc2[nH]1)(C(C)C)C(C)C. The van der Waals surface area contributed by atoms with Crippen molar-refractivity contribution >= 4 is 25.2 Å². The molecule has 0 radical (unpaired) electrons. The van der Waals surface area contributed by atoms with Gasteiger partial charge in [0.2, 0.25) is 0 Å². The van der Waals surface area contributed by atoms with Crippen LogP contribution in [0, 0.1) is 0 Å². The molecule has 27 heavy (non-hydrogen) atoms. The molecule has 1 heterocycles. The third kappa shape index (κ3) is 3.66. The first-order valence-electron chi connectivity index (χ1n) is 10.1. The molecule has 0 aliphatic rings. The molecule has 0 saturated heterocycles. The lowest BCUT2D eigenvalue weighted by atomic mass is 10.1. The van der Waals surface area contributed by atoms with E-state index in [-0.39, 0.29) is 0 Å². The Hall–Kier alpha value is -2.13. The minimum absolute atomic E-state index is 0.715. The zero-order chi connectivity index (χ0) is 19.6. The van der Waals surface area contributed by atoms with Gasteiger partial charge < -0.3 is 4.98 Å². The third-order valence-corrected chi connectivity index (χ3v) is 12.9. The van der Waals surface area contributed by atoms with Crippen LogP contribution < -0.4 is 0 Å². The Bertz CT molecular complexity index is 879. The first-order valence-corrected chi connectivity index (χ1v) is 12.4. The molecular formula is C24H32N2Si.